The fourth-order valence-electron chi connectivity index (χ4n) is 2.29. The van der Waals surface area contributed by atoms with Crippen molar-refractivity contribution in [3.8, 4) is 0 Å². The molecule has 0 bridgehead atoms. The quantitative estimate of drug-likeness (QED) is 0.671. The zero-order valence-corrected chi connectivity index (χ0v) is 12.9. The lowest BCUT2D eigenvalue weighted by atomic mass is 10.1. The number of benzene rings is 1. The van der Waals surface area contributed by atoms with E-state index in [9.17, 15) is 9.59 Å². The minimum atomic E-state index is -0.0492. The molecule has 0 N–H and O–H groups in total. The summed E-state index contributed by atoms with van der Waals surface area (Å²) in [5.74, 6) is -0.0478. The number of halogens is 1. The smallest absolute Gasteiger partial charge is 0.209 e. The van der Waals surface area contributed by atoms with Gasteiger partial charge >= 0.3 is 0 Å². The fraction of sp³-hybridized carbons (Fsp3) is 0.0588. The maximum Gasteiger partial charge on any atom is 0.209 e. The summed E-state index contributed by atoms with van der Waals surface area (Å²) < 4.78 is 2.59. The van der Waals surface area contributed by atoms with Crippen molar-refractivity contribution in [3.63, 3.8) is 0 Å². The first-order valence-electron chi connectivity index (χ1n) is 6.49. The zero-order valence-electron chi connectivity index (χ0n) is 11.3. The van der Waals surface area contributed by atoms with Crippen molar-refractivity contribution in [3.05, 3.63) is 76.0 Å². The summed E-state index contributed by atoms with van der Waals surface area (Å²) in [5, 5.41) is 0. The maximum atomic E-state index is 12.6. The molecule has 0 radical (unpaired) electrons. The van der Waals surface area contributed by atoms with Gasteiger partial charge in [-0.2, -0.15) is 0 Å². The standard InChI is InChI=1S/C17H12BrNO2/c1-11(20)13-7-8-19-15(9-13)14(18)10-16(19)17(21)12-5-3-2-4-6-12/h2-10H,1H3. The number of hydrogen-bond donors (Lipinski definition) is 0. The van der Waals surface area contributed by atoms with Crippen LogP contribution in [0.3, 0.4) is 0 Å². The summed E-state index contributed by atoms with van der Waals surface area (Å²) in [4.78, 5) is 24.1. The molecule has 0 aliphatic carbocycles. The number of fused-ring (bicyclic) bond motifs is 1. The Bertz CT molecular complexity index is 850. The lowest BCUT2D eigenvalue weighted by Gasteiger charge is -2.04. The van der Waals surface area contributed by atoms with Crippen LogP contribution in [-0.4, -0.2) is 16.0 Å². The van der Waals surface area contributed by atoms with Crippen molar-refractivity contribution in [2.75, 3.05) is 0 Å². The van der Waals surface area contributed by atoms with Gasteiger partial charge < -0.3 is 4.40 Å². The van der Waals surface area contributed by atoms with Gasteiger partial charge in [0.1, 0.15) is 0 Å². The molecule has 0 amide bonds. The van der Waals surface area contributed by atoms with Gasteiger partial charge in [-0.05, 0) is 41.1 Å². The number of aromatic nitrogens is 1. The van der Waals surface area contributed by atoms with E-state index in [2.05, 4.69) is 15.9 Å². The summed E-state index contributed by atoms with van der Waals surface area (Å²) in [6.07, 6.45) is 1.76. The van der Waals surface area contributed by atoms with Gasteiger partial charge in [-0.3, -0.25) is 9.59 Å². The molecule has 0 spiro atoms. The largest absolute Gasteiger partial charge is 0.312 e. The second-order valence-corrected chi connectivity index (χ2v) is 5.65. The third-order valence-corrected chi connectivity index (χ3v) is 4.03. The van der Waals surface area contributed by atoms with Crippen molar-refractivity contribution in [1.29, 1.82) is 0 Å². The van der Waals surface area contributed by atoms with Crippen molar-refractivity contribution in [2.45, 2.75) is 6.92 Å². The van der Waals surface area contributed by atoms with E-state index in [0.29, 0.717) is 16.8 Å². The molecule has 0 unspecified atom stereocenters. The van der Waals surface area contributed by atoms with Crippen molar-refractivity contribution >= 4 is 33.0 Å². The molecule has 21 heavy (non-hydrogen) atoms. The number of Topliss-reactive ketones (excluding diaryl/α,β-unsaturated/α-hetero) is 1. The summed E-state index contributed by atoms with van der Waals surface area (Å²) >= 11 is 3.46. The Labute approximate surface area is 130 Å². The van der Waals surface area contributed by atoms with E-state index in [1.54, 1.807) is 40.9 Å². The van der Waals surface area contributed by atoms with Crippen LogP contribution >= 0.6 is 15.9 Å². The number of ketones is 2. The average Bonchev–Trinajstić information content (AvgIpc) is 2.84. The van der Waals surface area contributed by atoms with Gasteiger partial charge in [0.25, 0.3) is 0 Å². The van der Waals surface area contributed by atoms with E-state index in [4.69, 9.17) is 0 Å². The predicted molar refractivity (Wildman–Crippen MR) is 85.0 cm³/mol. The number of hydrogen-bond acceptors (Lipinski definition) is 2. The van der Waals surface area contributed by atoms with E-state index in [1.165, 1.54) is 6.92 Å². The molecular formula is C17H12BrNO2. The highest BCUT2D eigenvalue weighted by molar-refractivity contribution is 9.10. The van der Waals surface area contributed by atoms with Gasteiger partial charge in [-0.1, -0.05) is 30.3 Å². The minimum Gasteiger partial charge on any atom is -0.312 e. The Balaban J connectivity index is 2.16. The number of pyridine rings is 1. The summed E-state index contributed by atoms with van der Waals surface area (Å²) in [6, 6.07) is 14.4. The van der Waals surface area contributed by atoms with E-state index >= 15 is 0 Å². The molecule has 0 saturated carbocycles. The molecule has 2 heterocycles. The van der Waals surface area contributed by atoms with Gasteiger partial charge in [-0.25, -0.2) is 0 Å². The lowest BCUT2D eigenvalue weighted by Crippen LogP contribution is -2.05. The number of rotatable bonds is 3. The summed E-state index contributed by atoms with van der Waals surface area (Å²) in [7, 11) is 0. The Hall–Kier alpha value is -2.20. The summed E-state index contributed by atoms with van der Waals surface area (Å²) in [6.45, 7) is 1.53. The third-order valence-electron chi connectivity index (χ3n) is 3.40. The molecule has 104 valence electrons. The molecule has 0 aliphatic rings. The van der Waals surface area contributed by atoms with Crippen molar-refractivity contribution in [2.24, 2.45) is 0 Å². The fourth-order valence-corrected chi connectivity index (χ4v) is 2.81. The van der Waals surface area contributed by atoms with Crippen LogP contribution in [0.15, 0.2) is 59.2 Å². The van der Waals surface area contributed by atoms with Crippen LogP contribution in [0.25, 0.3) is 5.52 Å². The highest BCUT2D eigenvalue weighted by atomic mass is 79.9. The SMILES string of the molecule is CC(=O)c1ccn2c(C(=O)c3ccccc3)cc(Br)c2c1. The second kappa shape index (κ2) is 5.30. The highest BCUT2D eigenvalue weighted by Gasteiger charge is 2.16. The van der Waals surface area contributed by atoms with Gasteiger partial charge in [0.15, 0.2) is 5.78 Å². The lowest BCUT2D eigenvalue weighted by molar-refractivity contribution is 0.101. The molecule has 1 aromatic carbocycles. The summed E-state index contributed by atoms with van der Waals surface area (Å²) in [5.41, 5.74) is 2.64. The molecular weight excluding hydrogens is 330 g/mol. The van der Waals surface area contributed by atoms with Crippen LogP contribution in [0.5, 0.6) is 0 Å². The molecule has 3 rings (SSSR count). The molecule has 4 heteroatoms. The second-order valence-electron chi connectivity index (χ2n) is 4.80. The van der Waals surface area contributed by atoms with Gasteiger partial charge in [0, 0.05) is 21.8 Å². The molecule has 2 aromatic heterocycles. The van der Waals surface area contributed by atoms with E-state index in [1.807, 2.05) is 18.2 Å². The van der Waals surface area contributed by atoms with Crippen LogP contribution in [0.4, 0.5) is 0 Å². The predicted octanol–water partition coefficient (Wildman–Crippen LogP) is 4.14. The minimum absolute atomic E-state index is 0.00142. The number of carbonyl (C=O) groups is 2. The molecule has 0 fully saturated rings. The molecule has 0 aliphatic heterocycles. The van der Waals surface area contributed by atoms with Gasteiger partial charge in [0.2, 0.25) is 5.78 Å². The molecule has 0 saturated heterocycles. The molecule has 3 aromatic rings. The average molecular weight is 342 g/mol. The molecule has 3 nitrogen and oxygen atoms in total. The Kier molecular flexibility index (Phi) is 3.47. The monoisotopic (exact) mass is 341 g/mol. The maximum absolute atomic E-state index is 12.6. The third kappa shape index (κ3) is 2.43. The van der Waals surface area contributed by atoms with Crippen molar-refractivity contribution in [1.82, 2.24) is 4.40 Å². The van der Waals surface area contributed by atoms with Crippen molar-refractivity contribution < 1.29 is 9.59 Å². The van der Waals surface area contributed by atoms with E-state index in [0.717, 1.165) is 9.99 Å². The van der Waals surface area contributed by atoms with Crippen LogP contribution in [0.1, 0.15) is 33.3 Å². The Morgan fingerprint density at radius 3 is 2.38 bits per heavy atom. The van der Waals surface area contributed by atoms with Crippen LogP contribution in [0.2, 0.25) is 0 Å². The van der Waals surface area contributed by atoms with Crippen LogP contribution in [0, 0.1) is 0 Å². The first kappa shape index (κ1) is 13.8. The Morgan fingerprint density at radius 1 is 1.00 bits per heavy atom. The first-order valence-corrected chi connectivity index (χ1v) is 7.28. The van der Waals surface area contributed by atoms with Gasteiger partial charge in [-0.15, -0.1) is 0 Å². The van der Waals surface area contributed by atoms with E-state index < -0.39 is 0 Å². The molecule has 0 atom stereocenters. The number of carbonyl (C=O) groups excluding carboxylic acids is 2. The van der Waals surface area contributed by atoms with Crippen LogP contribution in [-0.2, 0) is 0 Å². The zero-order chi connectivity index (χ0) is 15.0. The Morgan fingerprint density at radius 2 is 1.71 bits per heavy atom. The van der Waals surface area contributed by atoms with E-state index in [-0.39, 0.29) is 11.6 Å². The van der Waals surface area contributed by atoms with Gasteiger partial charge in [0.05, 0.1) is 11.2 Å². The highest BCUT2D eigenvalue weighted by Crippen LogP contribution is 2.25. The first-order chi connectivity index (χ1) is 10.1. The van der Waals surface area contributed by atoms with Crippen LogP contribution < -0.4 is 0 Å². The topological polar surface area (TPSA) is 38.5 Å². The normalized spacial score (nSPS) is 10.8. The number of nitrogens with zero attached hydrogens (tertiary/aromatic N) is 1.